The average Bonchev–Trinajstić information content (AvgIpc) is 3.08. The lowest BCUT2D eigenvalue weighted by molar-refractivity contribution is -0.113. The lowest BCUT2D eigenvalue weighted by Gasteiger charge is -2.20. The molecule has 0 aliphatic carbocycles. The summed E-state index contributed by atoms with van der Waals surface area (Å²) in [7, 11) is -3.51. The van der Waals surface area contributed by atoms with Gasteiger partial charge in [-0.15, -0.1) is 10.2 Å². The first-order chi connectivity index (χ1) is 16.3. The highest BCUT2D eigenvalue weighted by Crippen LogP contribution is 2.24. The molecule has 10 heteroatoms. The van der Waals surface area contributed by atoms with Gasteiger partial charge in [0.05, 0.1) is 16.3 Å². The summed E-state index contributed by atoms with van der Waals surface area (Å²) in [5.41, 5.74) is 3.80. The molecule has 8 nitrogen and oxygen atoms in total. The van der Waals surface area contributed by atoms with Crippen LogP contribution < -0.4 is 5.32 Å². The zero-order chi connectivity index (χ0) is 24.1. The van der Waals surface area contributed by atoms with Crippen LogP contribution in [0.3, 0.4) is 0 Å². The van der Waals surface area contributed by atoms with E-state index in [1.54, 1.807) is 34.9 Å². The molecule has 2 heterocycles. The molecule has 1 saturated heterocycles. The largest absolute Gasteiger partial charge is 0.325 e. The summed E-state index contributed by atoms with van der Waals surface area (Å²) >= 11 is 1.29. The first-order valence-electron chi connectivity index (χ1n) is 11.3. The second kappa shape index (κ2) is 10.7. The number of aromatic nitrogens is 3. The molecular weight excluding hydrogens is 470 g/mol. The molecule has 0 unspecified atom stereocenters. The van der Waals surface area contributed by atoms with Gasteiger partial charge in [-0.25, -0.2) is 8.42 Å². The molecule has 34 heavy (non-hydrogen) atoms. The Morgan fingerprint density at radius 2 is 1.74 bits per heavy atom. The molecule has 0 atom stereocenters. The molecule has 1 aliphatic rings. The van der Waals surface area contributed by atoms with E-state index in [0.29, 0.717) is 23.9 Å². The molecular formula is C24H29N5O3S2. The highest BCUT2D eigenvalue weighted by Gasteiger charge is 2.25. The van der Waals surface area contributed by atoms with Crippen molar-refractivity contribution >= 4 is 33.4 Å². The van der Waals surface area contributed by atoms with E-state index in [1.165, 1.54) is 17.3 Å². The minimum Gasteiger partial charge on any atom is -0.325 e. The number of hydrogen-bond donors (Lipinski definition) is 1. The molecule has 180 valence electrons. The summed E-state index contributed by atoms with van der Waals surface area (Å²) in [4.78, 5) is 12.8. The molecule has 1 N–H and O–H groups in total. The van der Waals surface area contributed by atoms with E-state index in [0.717, 1.165) is 36.9 Å². The van der Waals surface area contributed by atoms with Crippen molar-refractivity contribution in [3.63, 3.8) is 0 Å². The predicted octanol–water partition coefficient (Wildman–Crippen LogP) is 4.18. The number of nitrogens with zero attached hydrogens (tertiary/aromatic N) is 4. The molecule has 1 aliphatic heterocycles. The van der Waals surface area contributed by atoms with Crippen LogP contribution in [0, 0.1) is 13.8 Å². The van der Waals surface area contributed by atoms with E-state index in [9.17, 15) is 13.2 Å². The van der Waals surface area contributed by atoms with Gasteiger partial charge in [0.25, 0.3) is 0 Å². The summed E-state index contributed by atoms with van der Waals surface area (Å²) in [5, 5.41) is 11.6. The Labute approximate surface area is 204 Å². The normalized spacial score (nSPS) is 15.1. The number of amides is 1. The molecule has 2 aromatic carbocycles. The van der Waals surface area contributed by atoms with Crippen molar-refractivity contribution in [3.05, 3.63) is 59.9 Å². The molecule has 1 fully saturated rings. The lowest BCUT2D eigenvalue weighted by Crippen LogP contribution is -2.31. The Morgan fingerprint density at radius 1 is 1.03 bits per heavy atom. The van der Waals surface area contributed by atoms with E-state index in [4.69, 9.17) is 0 Å². The van der Waals surface area contributed by atoms with Crippen LogP contribution in [0.5, 0.6) is 0 Å². The molecule has 0 saturated carbocycles. The Morgan fingerprint density at radius 3 is 2.41 bits per heavy atom. The molecule has 0 spiro atoms. The molecule has 1 aromatic heterocycles. The minimum absolute atomic E-state index is 0.150. The highest BCUT2D eigenvalue weighted by molar-refractivity contribution is 7.99. The second-order valence-electron chi connectivity index (χ2n) is 8.45. The van der Waals surface area contributed by atoms with Gasteiger partial charge >= 0.3 is 0 Å². The van der Waals surface area contributed by atoms with Gasteiger partial charge in [-0.3, -0.25) is 9.36 Å². The number of rotatable bonds is 7. The Hall–Kier alpha value is -2.69. The summed E-state index contributed by atoms with van der Waals surface area (Å²) < 4.78 is 29.3. The van der Waals surface area contributed by atoms with Crippen LogP contribution in [0.1, 0.15) is 36.8 Å². The third-order valence-corrected chi connectivity index (χ3v) is 8.66. The SMILES string of the molecule is Cc1ccc(-n2cnnc2SCC(=O)Nc2ccc(S(=O)(=O)N3CCCCCC3)cc2)c(C)c1. The number of anilines is 1. The van der Waals surface area contributed by atoms with Gasteiger partial charge in [-0.05, 0) is 62.6 Å². The van der Waals surface area contributed by atoms with Gasteiger partial charge in [-0.2, -0.15) is 4.31 Å². The summed E-state index contributed by atoms with van der Waals surface area (Å²) in [5.74, 6) is -0.0550. The third kappa shape index (κ3) is 5.68. The van der Waals surface area contributed by atoms with Crippen molar-refractivity contribution in [2.75, 3.05) is 24.2 Å². The van der Waals surface area contributed by atoms with Crippen molar-refractivity contribution in [1.29, 1.82) is 0 Å². The summed E-state index contributed by atoms with van der Waals surface area (Å²) in [6, 6.07) is 12.5. The van der Waals surface area contributed by atoms with Gasteiger partial charge in [0, 0.05) is 18.8 Å². The van der Waals surface area contributed by atoms with E-state index in [1.807, 2.05) is 30.5 Å². The van der Waals surface area contributed by atoms with Gasteiger partial charge in [0.15, 0.2) is 5.16 Å². The van der Waals surface area contributed by atoms with Crippen molar-refractivity contribution in [3.8, 4) is 5.69 Å². The number of aryl methyl sites for hydroxylation is 2. The maximum atomic E-state index is 12.9. The fourth-order valence-electron chi connectivity index (χ4n) is 4.03. The number of carbonyl (C=O) groups is 1. The maximum Gasteiger partial charge on any atom is 0.243 e. The smallest absolute Gasteiger partial charge is 0.243 e. The zero-order valence-corrected chi connectivity index (χ0v) is 21.0. The van der Waals surface area contributed by atoms with E-state index in [-0.39, 0.29) is 16.6 Å². The first-order valence-corrected chi connectivity index (χ1v) is 13.8. The number of nitrogens with one attached hydrogen (secondary N) is 1. The van der Waals surface area contributed by atoms with Crippen LogP contribution in [-0.2, 0) is 14.8 Å². The van der Waals surface area contributed by atoms with Crippen molar-refractivity contribution < 1.29 is 13.2 Å². The maximum absolute atomic E-state index is 12.9. The third-order valence-electron chi connectivity index (χ3n) is 5.80. The highest BCUT2D eigenvalue weighted by atomic mass is 32.2. The zero-order valence-electron chi connectivity index (χ0n) is 19.4. The molecule has 1 amide bonds. The summed E-state index contributed by atoms with van der Waals surface area (Å²) in [6.07, 6.45) is 5.55. The van der Waals surface area contributed by atoms with Gasteiger partial charge < -0.3 is 5.32 Å². The fourth-order valence-corrected chi connectivity index (χ4v) is 6.27. The minimum atomic E-state index is -3.51. The quantitative estimate of drug-likeness (QED) is 0.490. The molecule has 4 rings (SSSR count). The van der Waals surface area contributed by atoms with Crippen LogP contribution in [0.25, 0.3) is 5.69 Å². The van der Waals surface area contributed by atoms with Gasteiger partial charge in [0.1, 0.15) is 6.33 Å². The van der Waals surface area contributed by atoms with E-state index < -0.39 is 10.0 Å². The number of sulfonamides is 1. The van der Waals surface area contributed by atoms with E-state index in [2.05, 4.69) is 21.6 Å². The van der Waals surface area contributed by atoms with E-state index >= 15 is 0 Å². The Balaban J connectivity index is 1.37. The molecule has 0 bridgehead atoms. The van der Waals surface area contributed by atoms with Gasteiger partial charge in [0.2, 0.25) is 15.9 Å². The monoisotopic (exact) mass is 499 g/mol. The van der Waals surface area contributed by atoms with Crippen molar-refractivity contribution in [1.82, 2.24) is 19.1 Å². The topological polar surface area (TPSA) is 97.2 Å². The predicted molar refractivity (Wildman–Crippen MR) is 134 cm³/mol. The van der Waals surface area contributed by atoms with Crippen LogP contribution in [0.15, 0.2) is 58.8 Å². The summed E-state index contributed by atoms with van der Waals surface area (Å²) in [6.45, 7) is 5.19. The van der Waals surface area contributed by atoms with Crippen LogP contribution >= 0.6 is 11.8 Å². The fraction of sp³-hybridized carbons (Fsp3) is 0.375. The number of benzene rings is 2. The second-order valence-corrected chi connectivity index (χ2v) is 11.3. The number of thioether (sulfide) groups is 1. The Kier molecular flexibility index (Phi) is 7.70. The standard InChI is InChI=1S/C24H29N5O3S2/c1-18-7-12-22(19(2)15-18)29-17-25-27-24(29)33-16-23(30)26-20-8-10-21(11-9-20)34(31,32)28-13-5-3-4-6-14-28/h7-12,15,17H,3-6,13-14,16H2,1-2H3,(H,26,30). The van der Waals surface area contributed by atoms with Crippen LogP contribution in [0.4, 0.5) is 5.69 Å². The van der Waals surface area contributed by atoms with Crippen LogP contribution in [-0.4, -0.2) is 52.2 Å². The Bertz CT molecular complexity index is 1250. The average molecular weight is 500 g/mol. The number of hydrogen-bond acceptors (Lipinski definition) is 6. The van der Waals surface area contributed by atoms with Crippen molar-refractivity contribution in [2.24, 2.45) is 0 Å². The molecule has 3 aromatic rings. The lowest BCUT2D eigenvalue weighted by atomic mass is 10.1. The number of carbonyl (C=O) groups excluding carboxylic acids is 1. The molecule has 0 radical (unpaired) electrons. The van der Waals surface area contributed by atoms with Gasteiger partial charge in [-0.1, -0.05) is 42.3 Å². The van der Waals surface area contributed by atoms with Crippen molar-refractivity contribution in [2.45, 2.75) is 49.6 Å². The van der Waals surface area contributed by atoms with Crippen LogP contribution in [0.2, 0.25) is 0 Å². The first kappa shape index (κ1) is 24.4.